The Morgan fingerprint density at radius 2 is 1.95 bits per heavy atom. The number of terminal acetylenes is 1. The number of nitrogens with one attached hydrogen (secondary N) is 1. The second-order valence-electron chi connectivity index (χ2n) is 4.68. The number of hydrogen-bond donors (Lipinski definition) is 1. The van der Waals surface area contributed by atoms with Gasteiger partial charge < -0.3 is 5.32 Å². The molecule has 2 aromatic rings. The smallest absolute Gasteiger partial charge is 0.140 e. The van der Waals surface area contributed by atoms with E-state index in [4.69, 9.17) is 11.7 Å². The molecule has 104 valence electrons. The van der Waals surface area contributed by atoms with Crippen LogP contribution >= 0.6 is 0 Å². The zero-order chi connectivity index (χ0) is 15.1. The SMILES string of the molecule is C#CC[C@@H](NCc1ccc(F)c(C#N)c1)c1ccccc1. The largest absolute Gasteiger partial charge is 0.305 e. The van der Waals surface area contributed by atoms with Gasteiger partial charge in [0.05, 0.1) is 5.56 Å². The fraction of sp³-hybridized carbons (Fsp3) is 0.167. The summed E-state index contributed by atoms with van der Waals surface area (Å²) >= 11 is 0. The number of benzene rings is 2. The molecule has 0 aromatic heterocycles. The van der Waals surface area contributed by atoms with Gasteiger partial charge >= 0.3 is 0 Å². The maximum atomic E-state index is 13.3. The zero-order valence-corrected chi connectivity index (χ0v) is 11.5. The molecule has 0 saturated carbocycles. The van der Waals surface area contributed by atoms with Crippen LogP contribution in [0.1, 0.15) is 29.2 Å². The highest BCUT2D eigenvalue weighted by molar-refractivity contribution is 5.34. The highest BCUT2D eigenvalue weighted by atomic mass is 19.1. The Morgan fingerprint density at radius 3 is 2.62 bits per heavy atom. The zero-order valence-electron chi connectivity index (χ0n) is 11.5. The molecule has 0 unspecified atom stereocenters. The van der Waals surface area contributed by atoms with Crippen LogP contribution in [0.2, 0.25) is 0 Å². The molecule has 0 radical (unpaired) electrons. The minimum atomic E-state index is -0.496. The molecule has 0 spiro atoms. The van der Waals surface area contributed by atoms with Crippen molar-refractivity contribution in [2.45, 2.75) is 19.0 Å². The quantitative estimate of drug-likeness (QED) is 0.849. The van der Waals surface area contributed by atoms with Crippen molar-refractivity contribution in [2.24, 2.45) is 0 Å². The lowest BCUT2D eigenvalue weighted by atomic mass is 10.0. The van der Waals surface area contributed by atoms with E-state index in [9.17, 15) is 4.39 Å². The molecular weight excluding hydrogens is 263 g/mol. The van der Waals surface area contributed by atoms with Crippen LogP contribution in [0.15, 0.2) is 48.5 Å². The van der Waals surface area contributed by atoms with E-state index in [0.717, 1.165) is 11.1 Å². The van der Waals surface area contributed by atoms with Crippen molar-refractivity contribution < 1.29 is 4.39 Å². The average molecular weight is 278 g/mol. The van der Waals surface area contributed by atoms with Crippen molar-refractivity contribution in [3.63, 3.8) is 0 Å². The molecule has 0 bridgehead atoms. The molecule has 2 nitrogen and oxygen atoms in total. The van der Waals surface area contributed by atoms with Gasteiger partial charge in [0.1, 0.15) is 11.9 Å². The summed E-state index contributed by atoms with van der Waals surface area (Å²) in [5.41, 5.74) is 2.02. The monoisotopic (exact) mass is 278 g/mol. The molecule has 0 saturated heterocycles. The summed E-state index contributed by atoms with van der Waals surface area (Å²) in [5.74, 6) is 2.16. The van der Waals surface area contributed by atoms with Gasteiger partial charge in [-0.1, -0.05) is 36.4 Å². The number of rotatable bonds is 5. The van der Waals surface area contributed by atoms with Crippen LogP contribution in [0.4, 0.5) is 4.39 Å². The molecule has 0 fully saturated rings. The molecule has 1 atom stereocenters. The van der Waals surface area contributed by atoms with E-state index < -0.39 is 5.82 Å². The first kappa shape index (κ1) is 14.8. The topological polar surface area (TPSA) is 35.8 Å². The van der Waals surface area contributed by atoms with Crippen LogP contribution < -0.4 is 5.32 Å². The third-order valence-corrected chi connectivity index (χ3v) is 3.23. The Balaban J connectivity index is 2.10. The predicted octanol–water partition coefficient (Wildman–Crippen LogP) is 3.55. The van der Waals surface area contributed by atoms with Gasteiger partial charge in [0.2, 0.25) is 0 Å². The normalized spacial score (nSPS) is 11.4. The molecule has 0 heterocycles. The highest BCUT2D eigenvalue weighted by Crippen LogP contribution is 2.17. The third kappa shape index (κ3) is 3.92. The lowest BCUT2D eigenvalue weighted by molar-refractivity contribution is 0.543. The van der Waals surface area contributed by atoms with Crippen molar-refractivity contribution >= 4 is 0 Å². The standard InChI is InChI=1S/C18H15FN2/c1-2-6-18(15-7-4-3-5-8-15)21-13-14-9-10-17(19)16(11-14)12-20/h1,3-5,7-11,18,21H,6,13H2/t18-/m1/s1. The van der Waals surface area contributed by atoms with E-state index in [1.54, 1.807) is 12.1 Å². The summed E-state index contributed by atoms with van der Waals surface area (Å²) in [6.45, 7) is 0.524. The number of halogens is 1. The van der Waals surface area contributed by atoms with Crippen molar-refractivity contribution in [3.05, 3.63) is 71.0 Å². The third-order valence-electron chi connectivity index (χ3n) is 3.23. The first-order chi connectivity index (χ1) is 10.2. The fourth-order valence-electron chi connectivity index (χ4n) is 2.12. The lowest BCUT2D eigenvalue weighted by Gasteiger charge is -2.17. The summed E-state index contributed by atoms with van der Waals surface area (Å²) in [6, 6.07) is 16.3. The molecule has 2 rings (SSSR count). The number of nitriles is 1. The van der Waals surface area contributed by atoms with E-state index in [1.807, 2.05) is 36.4 Å². The Morgan fingerprint density at radius 1 is 1.19 bits per heavy atom. The molecule has 2 aromatic carbocycles. The molecule has 0 aliphatic carbocycles. The summed E-state index contributed by atoms with van der Waals surface area (Å²) in [6.07, 6.45) is 5.98. The van der Waals surface area contributed by atoms with Gasteiger partial charge in [0.25, 0.3) is 0 Å². The van der Waals surface area contributed by atoms with Gasteiger partial charge in [-0.05, 0) is 23.3 Å². The maximum Gasteiger partial charge on any atom is 0.140 e. The van der Waals surface area contributed by atoms with Crippen LogP contribution in [0.5, 0.6) is 0 Å². The molecule has 0 aliphatic rings. The van der Waals surface area contributed by atoms with Gasteiger partial charge in [-0.3, -0.25) is 0 Å². The Kier molecular flexibility index (Phi) is 5.10. The molecule has 0 amide bonds. The van der Waals surface area contributed by atoms with E-state index >= 15 is 0 Å². The second kappa shape index (κ2) is 7.24. The number of nitrogens with zero attached hydrogens (tertiary/aromatic N) is 1. The first-order valence-electron chi connectivity index (χ1n) is 6.65. The van der Waals surface area contributed by atoms with Gasteiger partial charge in [0.15, 0.2) is 0 Å². The van der Waals surface area contributed by atoms with E-state index in [1.165, 1.54) is 6.07 Å². The number of hydrogen-bond acceptors (Lipinski definition) is 2. The fourth-order valence-corrected chi connectivity index (χ4v) is 2.12. The van der Waals surface area contributed by atoms with Crippen LogP contribution in [-0.4, -0.2) is 0 Å². The summed E-state index contributed by atoms with van der Waals surface area (Å²) in [7, 11) is 0. The first-order valence-corrected chi connectivity index (χ1v) is 6.65. The Bertz CT molecular complexity index is 681. The predicted molar refractivity (Wildman–Crippen MR) is 80.6 cm³/mol. The molecule has 21 heavy (non-hydrogen) atoms. The lowest BCUT2D eigenvalue weighted by Crippen LogP contribution is -2.20. The van der Waals surface area contributed by atoms with Crippen LogP contribution in [0, 0.1) is 29.5 Å². The average Bonchev–Trinajstić information content (AvgIpc) is 2.53. The van der Waals surface area contributed by atoms with Gasteiger partial charge in [-0.15, -0.1) is 12.3 Å². The van der Waals surface area contributed by atoms with Crippen molar-refractivity contribution in [1.82, 2.24) is 5.32 Å². The van der Waals surface area contributed by atoms with Gasteiger partial charge in [-0.25, -0.2) is 4.39 Å². The van der Waals surface area contributed by atoms with Crippen molar-refractivity contribution in [3.8, 4) is 18.4 Å². The minimum absolute atomic E-state index is 0.0341. The summed E-state index contributed by atoms with van der Waals surface area (Å²) in [5, 5.41) is 12.2. The summed E-state index contributed by atoms with van der Waals surface area (Å²) < 4.78 is 13.3. The van der Waals surface area contributed by atoms with Crippen molar-refractivity contribution in [2.75, 3.05) is 0 Å². The van der Waals surface area contributed by atoms with Gasteiger partial charge in [0, 0.05) is 19.0 Å². The van der Waals surface area contributed by atoms with Crippen LogP contribution in [-0.2, 0) is 6.54 Å². The van der Waals surface area contributed by atoms with E-state index in [2.05, 4.69) is 11.2 Å². The van der Waals surface area contributed by atoms with Crippen LogP contribution in [0.25, 0.3) is 0 Å². The maximum absolute atomic E-state index is 13.3. The van der Waals surface area contributed by atoms with E-state index in [-0.39, 0.29) is 11.6 Å². The Hall–Kier alpha value is -2.62. The molecule has 3 heteroatoms. The molecular formula is C18H15FN2. The van der Waals surface area contributed by atoms with E-state index in [0.29, 0.717) is 13.0 Å². The summed E-state index contributed by atoms with van der Waals surface area (Å²) in [4.78, 5) is 0. The molecule has 1 N–H and O–H groups in total. The molecule has 0 aliphatic heterocycles. The van der Waals surface area contributed by atoms with Crippen LogP contribution in [0.3, 0.4) is 0 Å². The minimum Gasteiger partial charge on any atom is -0.305 e. The highest BCUT2D eigenvalue weighted by Gasteiger charge is 2.10. The van der Waals surface area contributed by atoms with Crippen molar-refractivity contribution in [1.29, 1.82) is 5.26 Å². The Labute approximate surface area is 124 Å². The van der Waals surface area contributed by atoms with Gasteiger partial charge in [-0.2, -0.15) is 5.26 Å². The second-order valence-corrected chi connectivity index (χ2v) is 4.68.